The predicted molar refractivity (Wildman–Crippen MR) is 103 cm³/mol. The Bertz CT molecular complexity index is 974. The van der Waals surface area contributed by atoms with Gasteiger partial charge in [-0.25, -0.2) is 4.39 Å². The van der Waals surface area contributed by atoms with Crippen LogP contribution in [0.1, 0.15) is 16.7 Å². The molecular weight excluding hydrogens is 363 g/mol. The van der Waals surface area contributed by atoms with Crippen LogP contribution in [0.15, 0.2) is 78.0 Å². The van der Waals surface area contributed by atoms with Gasteiger partial charge >= 0.3 is 0 Å². The van der Waals surface area contributed by atoms with E-state index in [1.54, 1.807) is 30.3 Å². The minimum absolute atomic E-state index is 0.0103. The Labute approximate surface area is 161 Å². The lowest BCUT2D eigenvalue weighted by molar-refractivity contribution is -0.384. The van der Waals surface area contributed by atoms with E-state index in [1.165, 1.54) is 30.5 Å². The van der Waals surface area contributed by atoms with Crippen molar-refractivity contribution in [3.05, 3.63) is 105 Å². The van der Waals surface area contributed by atoms with Gasteiger partial charge in [0.2, 0.25) is 0 Å². The molecule has 0 aliphatic rings. The predicted octanol–water partition coefficient (Wildman–Crippen LogP) is 4.86. The van der Waals surface area contributed by atoms with Crippen molar-refractivity contribution < 1.29 is 18.9 Å². The minimum Gasteiger partial charge on any atom is -0.489 e. The zero-order chi connectivity index (χ0) is 19.8. The number of halogens is 1. The summed E-state index contributed by atoms with van der Waals surface area (Å²) >= 11 is 0. The topological polar surface area (TPSA) is 74.0 Å². The highest BCUT2D eigenvalue weighted by Crippen LogP contribution is 2.16. The fourth-order valence-electron chi connectivity index (χ4n) is 2.40. The van der Waals surface area contributed by atoms with Gasteiger partial charge in [0.05, 0.1) is 11.1 Å². The van der Waals surface area contributed by atoms with Gasteiger partial charge in [-0.15, -0.1) is 0 Å². The molecule has 3 rings (SSSR count). The Morgan fingerprint density at radius 1 is 0.964 bits per heavy atom. The number of hydrogen-bond donors (Lipinski definition) is 0. The van der Waals surface area contributed by atoms with E-state index in [4.69, 9.17) is 9.57 Å². The number of non-ortho nitro benzene ring substituents is 1. The van der Waals surface area contributed by atoms with Crippen LogP contribution in [0.25, 0.3) is 0 Å². The molecule has 0 radical (unpaired) electrons. The molecule has 0 N–H and O–H groups in total. The molecule has 0 aromatic heterocycles. The largest absolute Gasteiger partial charge is 0.489 e. The maximum atomic E-state index is 12.9. The third-order valence-corrected chi connectivity index (χ3v) is 3.81. The molecule has 3 aromatic carbocycles. The van der Waals surface area contributed by atoms with Crippen molar-refractivity contribution >= 4 is 11.9 Å². The van der Waals surface area contributed by atoms with Gasteiger partial charge in [-0.1, -0.05) is 41.6 Å². The van der Waals surface area contributed by atoms with Crippen LogP contribution < -0.4 is 4.74 Å². The van der Waals surface area contributed by atoms with Crippen molar-refractivity contribution in [1.29, 1.82) is 0 Å². The van der Waals surface area contributed by atoms with Crippen LogP contribution >= 0.6 is 0 Å². The summed E-state index contributed by atoms with van der Waals surface area (Å²) in [5.41, 5.74) is 2.30. The molecule has 142 valence electrons. The van der Waals surface area contributed by atoms with E-state index in [-0.39, 0.29) is 18.1 Å². The quantitative estimate of drug-likeness (QED) is 0.318. The number of nitrogens with zero attached hydrogens (tertiary/aromatic N) is 2. The van der Waals surface area contributed by atoms with Gasteiger partial charge in [-0.05, 0) is 41.0 Å². The molecule has 0 unspecified atom stereocenters. The van der Waals surface area contributed by atoms with Gasteiger partial charge in [-0.3, -0.25) is 10.1 Å². The average molecular weight is 380 g/mol. The maximum absolute atomic E-state index is 12.9. The second-order valence-corrected chi connectivity index (χ2v) is 5.92. The molecule has 0 heterocycles. The molecule has 6 nitrogen and oxygen atoms in total. The summed E-state index contributed by atoms with van der Waals surface area (Å²) in [6, 6.07) is 19.6. The van der Waals surface area contributed by atoms with Gasteiger partial charge < -0.3 is 9.57 Å². The van der Waals surface area contributed by atoms with Crippen LogP contribution in [0.5, 0.6) is 5.75 Å². The van der Waals surface area contributed by atoms with Crippen LogP contribution in [0.2, 0.25) is 0 Å². The van der Waals surface area contributed by atoms with Gasteiger partial charge in [0.15, 0.2) is 0 Å². The second-order valence-electron chi connectivity index (χ2n) is 5.92. The third kappa shape index (κ3) is 5.63. The van der Waals surface area contributed by atoms with Crippen LogP contribution in [-0.2, 0) is 18.1 Å². The van der Waals surface area contributed by atoms with Crippen molar-refractivity contribution in [2.45, 2.75) is 13.2 Å². The van der Waals surface area contributed by atoms with Crippen molar-refractivity contribution in [2.75, 3.05) is 0 Å². The van der Waals surface area contributed by atoms with E-state index in [2.05, 4.69) is 5.16 Å². The fourth-order valence-corrected chi connectivity index (χ4v) is 2.40. The smallest absolute Gasteiger partial charge is 0.269 e. The van der Waals surface area contributed by atoms with Crippen LogP contribution in [-0.4, -0.2) is 11.1 Å². The molecule has 28 heavy (non-hydrogen) atoms. The van der Waals surface area contributed by atoms with Gasteiger partial charge in [-0.2, -0.15) is 0 Å². The van der Waals surface area contributed by atoms with Gasteiger partial charge in [0.25, 0.3) is 5.69 Å². The molecule has 0 atom stereocenters. The summed E-state index contributed by atoms with van der Waals surface area (Å²) in [6.45, 7) is 0.448. The highest BCUT2D eigenvalue weighted by Gasteiger charge is 2.05. The number of hydrogen-bond acceptors (Lipinski definition) is 5. The van der Waals surface area contributed by atoms with Crippen LogP contribution in [0.3, 0.4) is 0 Å². The first-order chi connectivity index (χ1) is 13.6. The lowest BCUT2D eigenvalue weighted by atomic mass is 10.2. The zero-order valence-corrected chi connectivity index (χ0v) is 14.8. The molecule has 0 spiro atoms. The number of rotatable bonds is 8. The summed E-state index contributed by atoms with van der Waals surface area (Å²) in [6.07, 6.45) is 1.53. The van der Waals surface area contributed by atoms with Crippen molar-refractivity contribution in [2.24, 2.45) is 5.16 Å². The van der Waals surface area contributed by atoms with E-state index < -0.39 is 4.92 Å². The minimum atomic E-state index is -0.454. The molecule has 0 bridgehead atoms. The van der Waals surface area contributed by atoms with E-state index in [0.717, 1.165) is 11.1 Å². The summed E-state index contributed by atoms with van der Waals surface area (Å²) < 4.78 is 18.6. The first-order valence-electron chi connectivity index (χ1n) is 8.46. The molecular formula is C21H17FN2O4. The maximum Gasteiger partial charge on any atom is 0.269 e. The van der Waals surface area contributed by atoms with Crippen molar-refractivity contribution in [3.8, 4) is 5.75 Å². The Kier molecular flexibility index (Phi) is 6.30. The molecule has 0 saturated carbocycles. The number of nitro benzene ring substituents is 1. The van der Waals surface area contributed by atoms with Gasteiger partial charge in [0, 0.05) is 12.1 Å². The molecule has 7 heteroatoms. The average Bonchev–Trinajstić information content (AvgIpc) is 2.71. The van der Waals surface area contributed by atoms with Crippen LogP contribution in [0, 0.1) is 15.9 Å². The first kappa shape index (κ1) is 19.0. The monoisotopic (exact) mass is 380 g/mol. The van der Waals surface area contributed by atoms with E-state index >= 15 is 0 Å². The van der Waals surface area contributed by atoms with E-state index in [1.807, 2.05) is 18.2 Å². The molecule has 3 aromatic rings. The number of benzene rings is 3. The lowest BCUT2D eigenvalue weighted by Crippen LogP contribution is -1.96. The Balaban J connectivity index is 1.53. The Morgan fingerprint density at radius 2 is 1.75 bits per heavy atom. The normalized spacial score (nSPS) is 10.8. The van der Waals surface area contributed by atoms with Crippen molar-refractivity contribution in [3.63, 3.8) is 0 Å². The summed E-state index contributed by atoms with van der Waals surface area (Å²) in [4.78, 5) is 15.5. The number of nitro groups is 1. The standard InChI is InChI=1S/C21H17FN2O4/c22-19-9-7-16(8-10-19)14-27-21-6-2-3-17(12-21)13-23-28-15-18-4-1-5-20(11-18)24(25)26/h1-13H,14-15H2/b23-13-. The van der Waals surface area contributed by atoms with Crippen molar-refractivity contribution in [1.82, 2.24) is 0 Å². The van der Waals surface area contributed by atoms with Crippen LogP contribution in [0.4, 0.5) is 10.1 Å². The van der Waals surface area contributed by atoms with E-state index in [0.29, 0.717) is 17.9 Å². The molecule has 0 aliphatic heterocycles. The zero-order valence-electron chi connectivity index (χ0n) is 14.8. The molecule has 0 fully saturated rings. The molecule has 0 amide bonds. The Hall–Kier alpha value is -3.74. The van der Waals surface area contributed by atoms with Gasteiger partial charge in [0.1, 0.15) is 24.8 Å². The summed E-state index contributed by atoms with van der Waals surface area (Å²) in [5.74, 6) is 0.360. The molecule has 0 saturated heterocycles. The first-order valence-corrected chi connectivity index (χ1v) is 8.46. The number of oxime groups is 1. The highest BCUT2D eigenvalue weighted by molar-refractivity contribution is 5.79. The van der Waals surface area contributed by atoms with E-state index in [9.17, 15) is 14.5 Å². The highest BCUT2D eigenvalue weighted by atomic mass is 19.1. The fraction of sp³-hybridized carbons (Fsp3) is 0.0952. The lowest BCUT2D eigenvalue weighted by Gasteiger charge is -2.07. The second kappa shape index (κ2) is 9.27. The molecule has 0 aliphatic carbocycles. The summed E-state index contributed by atoms with van der Waals surface area (Å²) in [5, 5.41) is 14.7. The Morgan fingerprint density at radius 3 is 2.54 bits per heavy atom. The summed E-state index contributed by atoms with van der Waals surface area (Å²) in [7, 11) is 0. The third-order valence-electron chi connectivity index (χ3n) is 3.81. The number of ether oxygens (including phenoxy) is 1. The SMILES string of the molecule is O=[N+]([O-])c1cccc(CO/N=C\c2cccc(OCc3ccc(F)cc3)c2)c1.